The zero-order chi connectivity index (χ0) is 18.8. The first-order valence-electron chi connectivity index (χ1n) is 8.44. The Kier molecular flexibility index (Phi) is 5.87. The Morgan fingerprint density at radius 2 is 2.22 bits per heavy atom. The predicted octanol–water partition coefficient (Wildman–Crippen LogP) is 5.41. The van der Waals surface area contributed by atoms with Crippen molar-refractivity contribution in [2.24, 2.45) is 0 Å². The lowest BCUT2D eigenvalue weighted by Crippen LogP contribution is -2.15. The number of thioether (sulfide) groups is 1. The summed E-state index contributed by atoms with van der Waals surface area (Å²) in [5.74, 6) is 1.11. The van der Waals surface area contributed by atoms with Crippen LogP contribution in [0, 0.1) is 0 Å². The summed E-state index contributed by atoms with van der Waals surface area (Å²) in [6, 6.07) is 9.99. The summed E-state index contributed by atoms with van der Waals surface area (Å²) in [6.45, 7) is 0. The van der Waals surface area contributed by atoms with Crippen LogP contribution in [0.4, 0.5) is 5.69 Å². The molecule has 2 aromatic heterocycles. The fourth-order valence-electron chi connectivity index (χ4n) is 2.70. The Morgan fingerprint density at radius 1 is 1.37 bits per heavy atom. The minimum Gasteiger partial charge on any atom is -0.324 e. The molecule has 5 nitrogen and oxygen atoms in total. The van der Waals surface area contributed by atoms with Gasteiger partial charge in [-0.25, -0.2) is 0 Å². The van der Waals surface area contributed by atoms with Gasteiger partial charge in [0.1, 0.15) is 5.82 Å². The van der Waals surface area contributed by atoms with Crippen molar-refractivity contribution in [2.75, 3.05) is 11.1 Å². The number of carbonyl (C=O) groups excluding carboxylic acids is 1. The molecule has 2 heterocycles. The molecule has 27 heavy (non-hydrogen) atoms. The second kappa shape index (κ2) is 8.34. The minimum absolute atomic E-state index is 0.116. The molecule has 1 fully saturated rings. The Balaban J connectivity index is 1.42. The first kappa shape index (κ1) is 19.0. The summed E-state index contributed by atoms with van der Waals surface area (Å²) in [5.41, 5.74) is 0.604. The maximum atomic E-state index is 12.3. The molecule has 1 aliphatic rings. The van der Waals surface area contributed by atoms with Gasteiger partial charge in [0.25, 0.3) is 0 Å². The Bertz CT molecular complexity index is 956. The second-order valence-electron chi connectivity index (χ2n) is 6.22. The van der Waals surface area contributed by atoms with E-state index in [4.69, 9.17) is 11.6 Å². The highest BCUT2D eigenvalue weighted by Gasteiger charge is 2.30. The van der Waals surface area contributed by atoms with Gasteiger partial charge in [0, 0.05) is 21.8 Å². The Hall–Kier alpha value is -1.35. The van der Waals surface area contributed by atoms with E-state index in [1.807, 2.05) is 12.1 Å². The highest BCUT2D eigenvalue weighted by atomic mass is 79.9. The van der Waals surface area contributed by atoms with Gasteiger partial charge in [-0.3, -0.25) is 4.79 Å². The molecule has 1 saturated carbocycles. The topological polar surface area (TPSA) is 59.8 Å². The first-order valence-corrected chi connectivity index (χ1v) is 11.5. The van der Waals surface area contributed by atoms with E-state index in [1.165, 1.54) is 16.6 Å². The number of carbonyl (C=O) groups is 1. The summed E-state index contributed by atoms with van der Waals surface area (Å²) in [4.78, 5) is 13.6. The van der Waals surface area contributed by atoms with Gasteiger partial charge in [-0.15, -0.1) is 21.5 Å². The van der Waals surface area contributed by atoms with Gasteiger partial charge in [0.05, 0.1) is 16.5 Å². The molecular weight excluding hydrogens is 468 g/mol. The fraction of sp³-hybridized carbons (Fsp3) is 0.278. The SMILES string of the molecule is O=C(CSc1nnc(Cc2cccs2)n1C1CC1)Nc1ccc(Br)cc1Cl. The summed E-state index contributed by atoms with van der Waals surface area (Å²) in [5, 5.41) is 14.9. The van der Waals surface area contributed by atoms with Gasteiger partial charge < -0.3 is 9.88 Å². The van der Waals surface area contributed by atoms with E-state index in [1.54, 1.807) is 23.5 Å². The van der Waals surface area contributed by atoms with Crippen molar-refractivity contribution in [2.45, 2.75) is 30.5 Å². The van der Waals surface area contributed by atoms with E-state index >= 15 is 0 Å². The maximum absolute atomic E-state index is 12.3. The van der Waals surface area contributed by atoms with Crippen LogP contribution in [0.25, 0.3) is 0 Å². The lowest BCUT2D eigenvalue weighted by Gasteiger charge is -2.09. The molecule has 1 N–H and O–H groups in total. The molecule has 1 aromatic carbocycles. The number of nitrogens with zero attached hydrogens (tertiary/aromatic N) is 3. The number of benzene rings is 1. The smallest absolute Gasteiger partial charge is 0.234 e. The van der Waals surface area contributed by atoms with Gasteiger partial charge in [-0.1, -0.05) is 45.4 Å². The number of amides is 1. The zero-order valence-corrected chi connectivity index (χ0v) is 18.2. The molecule has 1 amide bonds. The fourth-order valence-corrected chi connectivity index (χ4v) is 4.95. The van der Waals surface area contributed by atoms with E-state index in [-0.39, 0.29) is 11.7 Å². The molecule has 0 unspecified atom stereocenters. The average Bonchev–Trinajstić information content (AvgIpc) is 3.19. The summed E-state index contributed by atoms with van der Waals surface area (Å²) in [6.07, 6.45) is 3.07. The van der Waals surface area contributed by atoms with Gasteiger partial charge in [-0.05, 0) is 42.5 Å². The molecule has 0 aliphatic heterocycles. The van der Waals surface area contributed by atoms with Crippen molar-refractivity contribution in [3.8, 4) is 0 Å². The molecule has 0 saturated heterocycles. The summed E-state index contributed by atoms with van der Waals surface area (Å²) in [7, 11) is 0. The number of hydrogen-bond donors (Lipinski definition) is 1. The normalized spacial score (nSPS) is 13.7. The molecule has 0 radical (unpaired) electrons. The zero-order valence-electron chi connectivity index (χ0n) is 14.2. The molecule has 0 spiro atoms. The highest BCUT2D eigenvalue weighted by molar-refractivity contribution is 9.10. The molecule has 0 atom stereocenters. The number of rotatable bonds is 7. The van der Waals surface area contributed by atoms with Crippen LogP contribution in [-0.2, 0) is 11.2 Å². The second-order valence-corrected chi connectivity index (χ2v) is 9.51. The third-order valence-corrected chi connectivity index (χ3v) is 6.72. The number of anilines is 1. The van der Waals surface area contributed by atoms with Crippen LogP contribution in [0.2, 0.25) is 5.02 Å². The average molecular weight is 484 g/mol. The van der Waals surface area contributed by atoms with Crippen molar-refractivity contribution in [1.29, 1.82) is 0 Å². The van der Waals surface area contributed by atoms with Crippen LogP contribution in [0.1, 0.15) is 29.6 Å². The van der Waals surface area contributed by atoms with E-state index in [0.717, 1.165) is 34.7 Å². The van der Waals surface area contributed by atoms with Crippen molar-refractivity contribution in [3.63, 3.8) is 0 Å². The van der Waals surface area contributed by atoms with Gasteiger partial charge in [0.15, 0.2) is 5.16 Å². The first-order chi connectivity index (χ1) is 13.1. The lowest BCUT2D eigenvalue weighted by molar-refractivity contribution is -0.113. The number of thiophene rings is 1. The third-order valence-electron chi connectivity index (χ3n) is 4.10. The van der Waals surface area contributed by atoms with Gasteiger partial charge in [0.2, 0.25) is 5.91 Å². The van der Waals surface area contributed by atoms with Crippen LogP contribution in [0.15, 0.2) is 45.3 Å². The summed E-state index contributed by atoms with van der Waals surface area (Å²) >= 11 is 12.7. The predicted molar refractivity (Wildman–Crippen MR) is 114 cm³/mol. The molecule has 1 aliphatic carbocycles. The Morgan fingerprint density at radius 3 is 2.93 bits per heavy atom. The molecular formula is C18H16BrClN4OS2. The number of aromatic nitrogens is 3. The third kappa shape index (κ3) is 4.74. The van der Waals surface area contributed by atoms with Gasteiger partial charge in [-0.2, -0.15) is 0 Å². The molecule has 140 valence electrons. The van der Waals surface area contributed by atoms with E-state index < -0.39 is 0 Å². The monoisotopic (exact) mass is 482 g/mol. The van der Waals surface area contributed by atoms with Gasteiger partial charge >= 0.3 is 0 Å². The minimum atomic E-state index is -0.116. The van der Waals surface area contributed by atoms with Crippen LogP contribution in [0.3, 0.4) is 0 Å². The summed E-state index contributed by atoms with van der Waals surface area (Å²) < 4.78 is 3.07. The van der Waals surface area contributed by atoms with E-state index in [2.05, 4.69) is 47.5 Å². The number of hydrogen-bond acceptors (Lipinski definition) is 5. The Labute approximate surface area is 178 Å². The van der Waals surface area contributed by atoms with Crippen LogP contribution < -0.4 is 5.32 Å². The molecule has 4 rings (SSSR count). The van der Waals surface area contributed by atoms with Crippen LogP contribution in [-0.4, -0.2) is 26.4 Å². The maximum Gasteiger partial charge on any atom is 0.234 e. The highest BCUT2D eigenvalue weighted by Crippen LogP contribution is 2.39. The van der Waals surface area contributed by atoms with Crippen molar-refractivity contribution in [3.05, 3.63) is 55.9 Å². The van der Waals surface area contributed by atoms with Crippen LogP contribution >= 0.6 is 50.6 Å². The standard InChI is InChI=1S/C18H16BrClN4OS2/c19-11-3-6-15(14(20)8-11)21-17(25)10-27-18-23-22-16(24(18)12-4-5-12)9-13-2-1-7-26-13/h1-3,6-8,12H,4-5,9-10H2,(H,21,25). The van der Waals surface area contributed by atoms with Crippen LogP contribution in [0.5, 0.6) is 0 Å². The van der Waals surface area contributed by atoms with Crippen molar-refractivity contribution in [1.82, 2.24) is 14.8 Å². The molecule has 3 aromatic rings. The molecule has 0 bridgehead atoms. The largest absolute Gasteiger partial charge is 0.324 e. The lowest BCUT2D eigenvalue weighted by atomic mass is 10.3. The van der Waals surface area contributed by atoms with E-state index in [0.29, 0.717) is 16.8 Å². The quantitative estimate of drug-likeness (QED) is 0.456. The number of halogens is 2. The van der Waals surface area contributed by atoms with Crippen molar-refractivity contribution < 1.29 is 4.79 Å². The molecule has 9 heteroatoms. The van der Waals surface area contributed by atoms with E-state index in [9.17, 15) is 4.79 Å². The van der Waals surface area contributed by atoms with Crippen molar-refractivity contribution >= 4 is 62.2 Å². The number of nitrogens with one attached hydrogen (secondary N) is 1.